The summed E-state index contributed by atoms with van der Waals surface area (Å²) in [5.74, 6) is 0. The Morgan fingerprint density at radius 2 is 1.52 bits per heavy atom. The lowest BCUT2D eigenvalue weighted by Gasteiger charge is -2.31. The number of likely N-dealkylation sites (N-methyl/N-ethyl adjacent to an activating group) is 1. The van der Waals surface area contributed by atoms with Gasteiger partial charge in [0.25, 0.3) is 11.4 Å². The molecule has 156 valence electrons. The van der Waals surface area contributed by atoms with Crippen molar-refractivity contribution in [3.8, 4) is 0 Å². The molecule has 1 rings (SSSR count). The van der Waals surface area contributed by atoms with Crippen LogP contribution in [0.3, 0.4) is 0 Å². The van der Waals surface area contributed by atoms with Crippen molar-refractivity contribution in [3.05, 3.63) is 38.4 Å². The van der Waals surface area contributed by atoms with Gasteiger partial charge in [0.2, 0.25) is 0 Å². The van der Waals surface area contributed by atoms with Crippen molar-refractivity contribution in [1.82, 2.24) is 0 Å². The molecule has 11 heteroatoms. The third-order valence-electron chi connectivity index (χ3n) is 4.01. The van der Waals surface area contributed by atoms with Crippen LogP contribution < -0.4 is 39.3 Å². The first kappa shape index (κ1) is 27.9. The number of nitrogens with zero attached hydrogens (tertiary/aromatic N) is 4. The van der Waals surface area contributed by atoms with Crippen molar-refractivity contribution < 1.29 is 52.8 Å². The molecule has 0 heterocycles. The van der Waals surface area contributed by atoms with Crippen LogP contribution in [-0.2, 0) is 0 Å². The second-order valence-electron chi connectivity index (χ2n) is 7.89. The van der Waals surface area contributed by atoms with Gasteiger partial charge in [-0.3, -0.25) is 20.2 Å². The van der Waals surface area contributed by atoms with Gasteiger partial charge in [-0.1, -0.05) is 0 Å². The van der Waals surface area contributed by atoms with Gasteiger partial charge in [-0.2, -0.15) is 0 Å². The highest BCUT2D eigenvalue weighted by Gasteiger charge is 2.21. The smallest absolute Gasteiger partial charge is 0.299 e. The number of nitro benzene ring substituents is 2. The maximum absolute atomic E-state index is 11.1. The summed E-state index contributed by atoms with van der Waals surface area (Å²) in [4.78, 5) is 20.7. The number of hydrogen-bond acceptors (Lipinski definition) is 5. The van der Waals surface area contributed by atoms with Crippen LogP contribution in [0.4, 0.5) is 17.1 Å². The number of nitro groups is 2. The summed E-state index contributed by atoms with van der Waals surface area (Å²) >= 11 is 0. The van der Waals surface area contributed by atoms with Crippen molar-refractivity contribution in [2.45, 2.75) is 6.42 Å². The number of rotatable bonds is 10. The third kappa shape index (κ3) is 10.6. The van der Waals surface area contributed by atoms with Crippen molar-refractivity contribution >= 4 is 17.1 Å². The van der Waals surface area contributed by atoms with E-state index >= 15 is 0 Å². The molecule has 0 bridgehead atoms. The van der Waals surface area contributed by atoms with E-state index in [-0.39, 0.29) is 45.3 Å². The molecule has 0 aromatic heterocycles. The lowest BCUT2D eigenvalue weighted by molar-refractivity contribution is -0.900. The molecule has 1 aromatic rings. The molecule has 1 N–H and O–H groups in total. The van der Waals surface area contributed by atoms with Crippen LogP contribution in [0.2, 0.25) is 0 Å². The standard InChI is InChI=1S/C16H29N5O4.2BrH/c1-20(2,3)10-6-11-21(4,5)12-9-17-15-8-7-14(18(22)23)13-16(15)19(24)25;;/h7-8,13,17H,6,9-12H2,1-5H3;2*1H/q+2;;/p-2. The fraction of sp³-hybridized carbons (Fsp3) is 0.625. The van der Waals surface area contributed by atoms with Gasteiger partial charge in [-0.15, -0.1) is 0 Å². The van der Waals surface area contributed by atoms with E-state index in [1.54, 1.807) is 0 Å². The summed E-state index contributed by atoms with van der Waals surface area (Å²) in [5.41, 5.74) is -0.250. The first-order chi connectivity index (χ1) is 11.4. The van der Waals surface area contributed by atoms with E-state index < -0.39 is 9.85 Å². The van der Waals surface area contributed by atoms with Gasteiger partial charge in [-0.05, 0) is 6.07 Å². The van der Waals surface area contributed by atoms with Crippen LogP contribution in [0.5, 0.6) is 0 Å². The highest BCUT2D eigenvalue weighted by molar-refractivity contribution is 5.65. The minimum atomic E-state index is -0.634. The van der Waals surface area contributed by atoms with E-state index in [0.29, 0.717) is 12.2 Å². The van der Waals surface area contributed by atoms with Crippen LogP contribution in [-0.4, -0.2) is 80.2 Å². The molecular formula is C16H29Br2N5O4. The molecule has 0 spiro atoms. The number of hydrogen-bond donors (Lipinski definition) is 1. The topological polar surface area (TPSA) is 98.3 Å². The molecule has 0 saturated carbocycles. The Bertz CT molecular complexity index is 636. The Morgan fingerprint density at radius 3 is 2.00 bits per heavy atom. The number of benzene rings is 1. The van der Waals surface area contributed by atoms with Gasteiger partial charge < -0.3 is 48.2 Å². The lowest BCUT2D eigenvalue weighted by Crippen LogP contribution is -3.00. The zero-order valence-electron chi connectivity index (χ0n) is 16.4. The molecule has 0 unspecified atom stereocenters. The maximum atomic E-state index is 11.1. The van der Waals surface area contributed by atoms with E-state index in [1.807, 2.05) is 0 Å². The van der Waals surface area contributed by atoms with Crippen molar-refractivity contribution in [2.75, 3.05) is 66.7 Å². The molecule has 0 saturated heterocycles. The summed E-state index contributed by atoms with van der Waals surface area (Å²) in [6.45, 7) is 3.45. The van der Waals surface area contributed by atoms with Crippen LogP contribution in [0.1, 0.15) is 6.42 Å². The average molecular weight is 515 g/mol. The Hall–Kier alpha value is -1.30. The predicted molar refractivity (Wildman–Crippen MR) is 97.6 cm³/mol. The molecule has 0 radical (unpaired) electrons. The van der Waals surface area contributed by atoms with E-state index in [9.17, 15) is 20.2 Å². The fourth-order valence-electron chi connectivity index (χ4n) is 2.51. The first-order valence-electron chi connectivity index (χ1n) is 8.20. The van der Waals surface area contributed by atoms with E-state index in [4.69, 9.17) is 0 Å². The van der Waals surface area contributed by atoms with E-state index in [1.165, 1.54) is 12.1 Å². The molecule has 0 aliphatic heterocycles. The third-order valence-corrected chi connectivity index (χ3v) is 4.01. The van der Waals surface area contributed by atoms with Crippen molar-refractivity contribution in [2.24, 2.45) is 0 Å². The van der Waals surface area contributed by atoms with Gasteiger partial charge in [0.1, 0.15) is 5.69 Å². The zero-order chi connectivity index (χ0) is 19.3. The normalized spacial score (nSPS) is 11.1. The predicted octanol–water partition coefficient (Wildman–Crippen LogP) is -3.90. The molecule has 0 aliphatic rings. The van der Waals surface area contributed by atoms with E-state index in [0.717, 1.165) is 41.1 Å². The monoisotopic (exact) mass is 513 g/mol. The van der Waals surface area contributed by atoms with Gasteiger partial charge in [0.05, 0.1) is 77.3 Å². The summed E-state index contributed by atoms with van der Waals surface area (Å²) in [6.07, 6.45) is 1.09. The van der Waals surface area contributed by atoms with Gasteiger partial charge in [0, 0.05) is 12.5 Å². The molecule has 0 atom stereocenters. The highest BCUT2D eigenvalue weighted by Crippen LogP contribution is 2.28. The van der Waals surface area contributed by atoms with Crippen LogP contribution in [0.25, 0.3) is 0 Å². The largest absolute Gasteiger partial charge is 1.00 e. The summed E-state index contributed by atoms with van der Waals surface area (Å²) < 4.78 is 1.72. The second kappa shape index (κ2) is 11.5. The average Bonchev–Trinajstić information content (AvgIpc) is 2.45. The Labute approximate surface area is 181 Å². The number of nitrogens with one attached hydrogen (secondary N) is 1. The summed E-state index contributed by atoms with van der Waals surface area (Å²) in [6, 6.07) is 3.66. The number of anilines is 1. The number of halogens is 2. The van der Waals surface area contributed by atoms with Crippen molar-refractivity contribution in [3.63, 3.8) is 0 Å². The molecule has 1 aromatic carbocycles. The zero-order valence-corrected chi connectivity index (χ0v) is 19.6. The van der Waals surface area contributed by atoms with Crippen LogP contribution in [0.15, 0.2) is 18.2 Å². The minimum absolute atomic E-state index is 0. The molecule has 0 aliphatic carbocycles. The van der Waals surface area contributed by atoms with Crippen LogP contribution in [0, 0.1) is 20.2 Å². The van der Waals surface area contributed by atoms with E-state index in [2.05, 4.69) is 40.6 Å². The fourth-order valence-corrected chi connectivity index (χ4v) is 2.51. The lowest BCUT2D eigenvalue weighted by atomic mass is 10.2. The summed E-state index contributed by atoms with van der Waals surface area (Å²) in [5, 5.41) is 24.9. The van der Waals surface area contributed by atoms with Gasteiger partial charge in [0.15, 0.2) is 0 Å². The molecule has 0 fully saturated rings. The highest BCUT2D eigenvalue weighted by atomic mass is 79.9. The number of non-ortho nitro benzene ring substituents is 1. The molecule has 9 nitrogen and oxygen atoms in total. The van der Waals surface area contributed by atoms with Crippen LogP contribution >= 0.6 is 0 Å². The Morgan fingerprint density at radius 1 is 0.926 bits per heavy atom. The van der Waals surface area contributed by atoms with Crippen molar-refractivity contribution in [1.29, 1.82) is 0 Å². The first-order valence-corrected chi connectivity index (χ1v) is 8.20. The Balaban J connectivity index is 0. The summed E-state index contributed by atoms with van der Waals surface area (Å²) in [7, 11) is 10.7. The van der Waals surface area contributed by atoms with Gasteiger partial charge in [-0.25, -0.2) is 0 Å². The van der Waals surface area contributed by atoms with Gasteiger partial charge >= 0.3 is 0 Å². The molecule has 27 heavy (non-hydrogen) atoms. The maximum Gasteiger partial charge on any atom is 0.299 e. The Kier molecular flexibility index (Phi) is 11.9. The molecule has 0 amide bonds. The number of quaternary nitrogens is 2. The quantitative estimate of drug-likeness (QED) is 0.195. The minimum Gasteiger partial charge on any atom is -1.00 e. The SMILES string of the molecule is C[N+](C)(C)CCC[N+](C)(C)CCNc1ccc([N+](=O)[O-])cc1[N+](=O)[O-].[Br-].[Br-]. The molecular weight excluding hydrogens is 486 g/mol. The second-order valence-corrected chi connectivity index (χ2v) is 7.89.